The van der Waals surface area contributed by atoms with Crippen LogP contribution in [0, 0.1) is 5.82 Å². The summed E-state index contributed by atoms with van der Waals surface area (Å²) < 4.78 is 28.1. The number of nitrogens with zero attached hydrogens (tertiary/aromatic N) is 2. The first-order valence-corrected chi connectivity index (χ1v) is 6.96. The Balaban J connectivity index is 2.53. The molecule has 0 N–H and O–H groups in total. The molecule has 0 radical (unpaired) electrons. The predicted octanol–water partition coefficient (Wildman–Crippen LogP) is 4.08. The standard InChI is InChI=1S/C12H12BrClF2N2/c13-8-6-10-11(7-9(8)16)18(5-1-4-15)12(17-10)2-3-14/h6-7H,1-5H2. The molecule has 2 aromatic rings. The first-order chi connectivity index (χ1) is 8.67. The molecule has 0 bridgehead atoms. The molecule has 0 aliphatic carbocycles. The van der Waals surface area contributed by atoms with Gasteiger partial charge in [-0.25, -0.2) is 9.37 Å². The van der Waals surface area contributed by atoms with Gasteiger partial charge < -0.3 is 4.57 Å². The predicted molar refractivity (Wildman–Crippen MR) is 72.4 cm³/mol. The number of aromatic nitrogens is 2. The van der Waals surface area contributed by atoms with Crippen LogP contribution in [0.3, 0.4) is 0 Å². The van der Waals surface area contributed by atoms with Crippen molar-refractivity contribution in [3.63, 3.8) is 0 Å². The van der Waals surface area contributed by atoms with Crippen molar-refractivity contribution >= 4 is 38.6 Å². The van der Waals surface area contributed by atoms with Gasteiger partial charge in [-0.15, -0.1) is 11.6 Å². The van der Waals surface area contributed by atoms with Crippen LogP contribution in [0.5, 0.6) is 0 Å². The number of rotatable bonds is 5. The second kappa shape index (κ2) is 5.97. The smallest absolute Gasteiger partial charge is 0.139 e. The van der Waals surface area contributed by atoms with Crippen LogP contribution in [0.2, 0.25) is 0 Å². The fraction of sp³-hybridized carbons (Fsp3) is 0.417. The Morgan fingerprint density at radius 3 is 2.83 bits per heavy atom. The zero-order valence-electron chi connectivity index (χ0n) is 9.60. The second-order valence-electron chi connectivity index (χ2n) is 3.92. The van der Waals surface area contributed by atoms with Gasteiger partial charge in [0.2, 0.25) is 0 Å². The molecule has 0 saturated heterocycles. The van der Waals surface area contributed by atoms with E-state index >= 15 is 0 Å². The number of hydrogen-bond acceptors (Lipinski definition) is 1. The zero-order valence-corrected chi connectivity index (χ0v) is 11.9. The minimum absolute atomic E-state index is 0.346. The van der Waals surface area contributed by atoms with Crippen molar-refractivity contribution in [2.24, 2.45) is 0 Å². The Hall–Kier alpha value is -0.680. The first kappa shape index (κ1) is 13.7. The van der Waals surface area contributed by atoms with Crippen LogP contribution in [0.25, 0.3) is 11.0 Å². The first-order valence-electron chi connectivity index (χ1n) is 5.63. The van der Waals surface area contributed by atoms with Crippen LogP contribution in [0.1, 0.15) is 12.2 Å². The van der Waals surface area contributed by atoms with E-state index in [4.69, 9.17) is 11.6 Å². The average molecular weight is 338 g/mol. The number of halogens is 4. The van der Waals surface area contributed by atoms with Crippen molar-refractivity contribution in [3.05, 3.63) is 28.2 Å². The Kier molecular flexibility index (Phi) is 4.56. The van der Waals surface area contributed by atoms with Crippen LogP contribution in [-0.4, -0.2) is 22.1 Å². The van der Waals surface area contributed by atoms with Crippen LogP contribution >= 0.6 is 27.5 Å². The van der Waals surface area contributed by atoms with E-state index in [0.29, 0.717) is 40.8 Å². The minimum atomic E-state index is -0.404. The molecule has 2 nitrogen and oxygen atoms in total. The lowest BCUT2D eigenvalue weighted by Gasteiger charge is -2.07. The lowest BCUT2D eigenvalue weighted by atomic mass is 10.3. The molecule has 1 heterocycles. The average Bonchev–Trinajstić information content (AvgIpc) is 2.65. The van der Waals surface area contributed by atoms with Crippen LogP contribution in [0.15, 0.2) is 16.6 Å². The molecule has 6 heteroatoms. The normalized spacial score (nSPS) is 11.3. The van der Waals surface area contributed by atoms with Crippen molar-refractivity contribution in [2.45, 2.75) is 19.4 Å². The summed E-state index contributed by atoms with van der Waals surface area (Å²) in [5.41, 5.74) is 1.38. The zero-order chi connectivity index (χ0) is 13.1. The number of aryl methyl sites for hydroxylation is 2. The largest absolute Gasteiger partial charge is 0.328 e. The molecule has 0 fully saturated rings. The van der Waals surface area contributed by atoms with Gasteiger partial charge in [-0.05, 0) is 28.4 Å². The molecule has 1 aromatic carbocycles. The third-order valence-corrected chi connectivity index (χ3v) is 3.50. The van der Waals surface area contributed by atoms with E-state index < -0.39 is 6.67 Å². The SMILES string of the molecule is FCCCn1c(CCCl)nc2cc(Br)c(F)cc21. The van der Waals surface area contributed by atoms with Gasteiger partial charge in [0.05, 0.1) is 22.2 Å². The summed E-state index contributed by atoms with van der Waals surface area (Å²) in [6, 6.07) is 3.05. The van der Waals surface area contributed by atoms with Crippen molar-refractivity contribution in [1.82, 2.24) is 9.55 Å². The van der Waals surface area contributed by atoms with Gasteiger partial charge in [0, 0.05) is 24.9 Å². The Bertz CT molecular complexity index is 556. The summed E-state index contributed by atoms with van der Waals surface area (Å²) in [6.45, 7) is 0.0826. The molecule has 98 valence electrons. The molecule has 0 saturated carbocycles. The van der Waals surface area contributed by atoms with E-state index in [2.05, 4.69) is 20.9 Å². The third-order valence-electron chi connectivity index (χ3n) is 2.70. The molecular formula is C12H12BrClF2N2. The topological polar surface area (TPSA) is 17.8 Å². The molecule has 2 rings (SSSR count). The monoisotopic (exact) mass is 336 g/mol. The summed E-state index contributed by atoms with van der Waals surface area (Å²) >= 11 is 8.85. The lowest BCUT2D eigenvalue weighted by molar-refractivity contribution is 0.446. The highest BCUT2D eigenvalue weighted by molar-refractivity contribution is 9.10. The maximum atomic E-state index is 13.6. The summed E-state index contributed by atoms with van der Waals surface area (Å²) in [5.74, 6) is 0.857. The number of hydrogen-bond donors (Lipinski definition) is 0. The molecule has 0 amide bonds. The molecule has 0 aliphatic rings. The number of alkyl halides is 2. The fourth-order valence-electron chi connectivity index (χ4n) is 1.91. The van der Waals surface area contributed by atoms with E-state index in [1.807, 2.05) is 4.57 Å². The number of fused-ring (bicyclic) bond motifs is 1. The lowest BCUT2D eigenvalue weighted by Crippen LogP contribution is -2.05. The Morgan fingerprint density at radius 1 is 1.39 bits per heavy atom. The summed E-state index contributed by atoms with van der Waals surface area (Å²) in [4.78, 5) is 4.42. The maximum Gasteiger partial charge on any atom is 0.139 e. The minimum Gasteiger partial charge on any atom is -0.328 e. The highest BCUT2D eigenvalue weighted by atomic mass is 79.9. The highest BCUT2D eigenvalue weighted by Crippen LogP contribution is 2.24. The molecule has 1 aromatic heterocycles. The molecule has 0 spiro atoms. The molecular weight excluding hydrogens is 325 g/mol. The Labute approximate surface area is 117 Å². The van der Waals surface area contributed by atoms with Crippen LogP contribution in [0.4, 0.5) is 8.78 Å². The second-order valence-corrected chi connectivity index (χ2v) is 5.15. The van der Waals surface area contributed by atoms with Crippen LogP contribution in [-0.2, 0) is 13.0 Å². The van der Waals surface area contributed by atoms with E-state index in [0.717, 1.165) is 5.82 Å². The van der Waals surface area contributed by atoms with Gasteiger partial charge in [0.25, 0.3) is 0 Å². The number of benzene rings is 1. The van der Waals surface area contributed by atoms with Gasteiger partial charge in [-0.1, -0.05) is 0 Å². The van der Waals surface area contributed by atoms with Gasteiger partial charge >= 0.3 is 0 Å². The summed E-state index contributed by atoms with van der Waals surface area (Å²) in [7, 11) is 0. The summed E-state index contributed by atoms with van der Waals surface area (Å²) in [6.07, 6.45) is 0.972. The molecule has 0 unspecified atom stereocenters. The van der Waals surface area contributed by atoms with E-state index in [9.17, 15) is 8.78 Å². The third kappa shape index (κ3) is 2.67. The molecule has 0 atom stereocenters. The van der Waals surface area contributed by atoms with E-state index in [1.54, 1.807) is 6.07 Å². The van der Waals surface area contributed by atoms with Crippen molar-refractivity contribution < 1.29 is 8.78 Å². The number of imidazole rings is 1. The maximum absolute atomic E-state index is 13.6. The molecule has 18 heavy (non-hydrogen) atoms. The van der Waals surface area contributed by atoms with Gasteiger partial charge in [0.1, 0.15) is 11.6 Å². The molecule has 0 aliphatic heterocycles. The van der Waals surface area contributed by atoms with Gasteiger partial charge in [-0.2, -0.15) is 0 Å². The van der Waals surface area contributed by atoms with E-state index in [1.165, 1.54) is 6.07 Å². The van der Waals surface area contributed by atoms with Crippen molar-refractivity contribution in [1.29, 1.82) is 0 Å². The fourth-order valence-corrected chi connectivity index (χ4v) is 2.41. The van der Waals surface area contributed by atoms with Crippen molar-refractivity contribution in [2.75, 3.05) is 12.6 Å². The Morgan fingerprint density at radius 2 is 2.17 bits per heavy atom. The van der Waals surface area contributed by atoms with Crippen LogP contribution < -0.4 is 0 Å². The highest BCUT2D eigenvalue weighted by Gasteiger charge is 2.12. The quantitative estimate of drug-likeness (QED) is 0.752. The summed E-state index contributed by atoms with van der Waals surface area (Å²) in [5, 5.41) is 0. The van der Waals surface area contributed by atoms with Crippen molar-refractivity contribution in [3.8, 4) is 0 Å². The van der Waals surface area contributed by atoms with Gasteiger partial charge in [-0.3, -0.25) is 4.39 Å². The van der Waals surface area contributed by atoms with E-state index in [-0.39, 0.29) is 5.82 Å². The van der Waals surface area contributed by atoms with Gasteiger partial charge in [0.15, 0.2) is 0 Å².